The number of para-hydroxylation sites is 1. The van der Waals surface area contributed by atoms with Gasteiger partial charge in [-0.15, -0.1) is 0 Å². The van der Waals surface area contributed by atoms with Crippen LogP contribution in [-0.4, -0.2) is 55.2 Å². The fourth-order valence-corrected chi connectivity index (χ4v) is 7.38. The van der Waals surface area contributed by atoms with Crippen LogP contribution in [0, 0.1) is 5.92 Å². The minimum Gasteiger partial charge on any atom is -0.469 e. The van der Waals surface area contributed by atoms with Gasteiger partial charge in [-0.05, 0) is 37.1 Å². The van der Waals surface area contributed by atoms with Gasteiger partial charge in [-0.2, -0.15) is 0 Å². The molecule has 2 heterocycles. The Morgan fingerprint density at radius 2 is 1.85 bits per heavy atom. The number of nitrogens with zero attached hydrogens (tertiary/aromatic N) is 2. The molecule has 0 unspecified atom stereocenters. The molecule has 7 nitrogen and oxygen atoms in total. The van der Waals surface area contributed by atoms with E-state index in [1.54, 1.807) is 36.4 Å². The van der Waals surface area contributed by atoms with E-state index in [1.165, 1.54) is 11.1 Å². The van der Waals surface area contributed by atoms with Crippen LogP contribution in [0.2, 0.25) is 0 Å². The Hall–Kier alpha value is -2.94. The van der Waals surface area contributed by atoms with Crippen molar-refractivity contribution in [1.29, 1.82) is 0 Å². The number of esters is 1. The zero-order chi connectivity index (χ0) is 24.0. The van der Waals surface area contributed by atoms with Gasteiger partial charge in [0.1, 0.15) is 0 Å². The van der Waals surface area contributed by atoms with Gasteiger partial charge in [0.2, 0.25) is 0 Å². The fourth-order valence-electron chi connectivity index (χ4n) is 5.77. The lowest BCUT2D eigenvalue weighted by Gasteiger charge is -2.47. The zero-order valence-electron chi connectivity index (χ0n) is 19.2. The number of carbonyl (C=O) groups excluding carboxylic acids is 1. The number of aliphatic hydroxyl groups excluding tert-OH is 1. The van der Waals surface area contributed by atoms with Crippen LogP contribution in [0.4, 0.5) is 0 Å². The number of aliphatic hydroxyl groups is 1. The lowest BCUT2D eigenvalue weighted by molar-refractivity contribution is -0.144. The molecule has 0 saturated carbocycles. The topological polar surface area (TPSA) is 88.8 Å². The van der Waals surface area contributed by atoms with Crippen LogP contribution in [0.25, 0.3) is 10.9 Å². The maximum absolute atomic E-state index is 14.0. The maximum Gasteiger partial charge on any atom is 0.313 e. The van der Waals surface area contributed by atoms with Gasteiger partial charge in [-0.3, -0.25) is 9.69 Å². The number of rotatable bonds is 5. The van der Waals surface area contributed by atoms with E-state index < -0.39 is 15.9 Å². The average Bonchev–Trinajstić information content (AvgIpc) is 3.21. The van der Waals surface area contributed by atoms with Crippen molar-refractivity contribution in [3.63, 3.8) is 0 Å². The molecule has 3 aromatic rings. The second-order valence-corrected chi connectivity index (χ2v) is 10.6. The van der Waals surface area contributed by atoms with Crippen molar-refractivity contribution in [2.45, 2.75) is 30.2 Å². The number of methoxy groups -OCH3 is 1. The van der Waals surface area contributed by atoms with Crippen LogP contribution in [0.3, 0.4) is 0 Å². The number of fused-ring (bicyclic) bond motifs is 6. The van der Waals surface area contributed by atoms with E-state index in [4.69, 9.17) is 4.74 Å². The Morgan fingerprint density at radius 3 is 2.53 bits per heavy atom. The number of likely N-dealkylation sites (tertiary alicyclic amines) is 1. The third-order valence-electron chi connectivity index (χ3n) is 7.21. The second kappa shape index (κ2) is 8.69. The van der Waals surface area contributed by atoms with Gasteiger partial charge in [0, 0.05) is 24.4 Å². The van der Waals surface area contributed by atoms with Gasteiger partial charge in [-0.25, -0.2) is 12.4 Å². The molecule has 1 saturated heterocycles. The summed E-state index contributed by atoms with van der Waals surface area (Å²) < 4.78 is 34.8. The molecule has 178 valence electrons. The summed E-state index contributed by atoms with van der Waals surface area (Å²) >= 11 is 0. The van der Waals surface area contributed by atoms with Crippen LogP contribution in [-0.2, 0) is 19.6 Å². The summed E-state index contributed by atoms with van der Waals surface area (Å²) in [7, 11) is -2.57. The third-order valence-corrected chi connectivity index (χ3v) is 8.95. The van der Waals surface area contributed by atoms with Crippen LogP contribution >= 0.6 is 0 Å². The van der Waals surface area contributed by atoms with E-state index >= 15 is 0 Å². The molecule has 2 aliphatic rings. The molecule has 0 amide bonds. The van der Waals surface area contributed by atoms with Gasteiger partial charge in [-0.1, -0.05) is 48.0 Å². The highest BCUT2D eigenvalue weighted by atomic mass is 32.2. The number of aromatic nitrogens is 1. The number of β-amino-alcohol motifs (C(OH)–C–C–N with tert-alkyl or cyclic N) is 1. The van der Waals surface area contributed by atoms with Gasteiger partial charge in [0.05, 0.1) is 41.8 Å². The first-order valence-electron chi connectivity index (χ1n) is 11.5. The SMILES string of the molecule is C/C=C1/CN(CCO)[C@@H]2C[C@H]1[C@@H](C(=O)OC)c1c2n(S(=O)(=O)c2ccccc2)c2ccccc12. The number of allylic oxidation sites excluding steroid dienone is 1. The van der Waals surface area contributed by atoms with E-state index in [2.05, 4.69) is 4.90 Å². The highest BCUT2D eigenvalue weighted by molar-refractivity contribution is 7.90. The van der Waals surface area contributed by atoms with Gasteiger partial charge in [0.25, 0.3) is 10.0 Å². The quantitative estimate of drug-likeness (QED) is 0.445. The minimum absolute atomic E-state index is 0.0421. The summed E-state index contributed by atoms with van der Waals surface area (Å²) in [6.45, 7) is 2.88. The number of hydrogen-bond acceptors (Lipinski definition) is 6. The Labute approximate surface area is 199 Å². The highest BCUT2D eigenvalue weighted by Crippen LogP contribution is 2.54. The molecule has 1 aliphatic heterocycles. The number of hydrogen-bond donors (Lipinski definition) is 1. The molecule has 34 heavy (non-hydrogen) atoms. The smallest absolute Gasteiger partial charge is 0.313 e. The van der Waals surface area contributed by atoms with Gasteiger partial charge >= 0.3 is 5.97 Å². The van der Waals surface area contributed by atoms with Crippen molar-refractivity contribution in [3.8, 4) is 0 Å². The molecule has 5 rings (SSSR count). The Morgan fingerprint density at radius 1 is 1.15 bits per heavy atom. The van der Waals surface area contributed by atoms with E-state index in [9.17, 15) is 18.3 Å². The largest absolute Gasteiger partial charge is 0.469 e. The molecular formula is C26H28N2O5S. The molecule has 1 aliphatic carbocycles. The number of benzene rings is 2. The molecule has 8 heteroatoms. The minimum atomic E-state index is -3.95. The van der Waals surface area contributed by atoms with Crippen LogP contribution in [0.15, 0.2) is 71.1 Å². The molecule has 3 atom stereocenters. The van der Waals surface area contributed by atoms with Crippen molar-refractivity contribution in [3.05, 3.63) is 77.5 Å². The fraction of sp³-hybridized carbons (Fsp3) is 0.346. The predicted octanol–water partition coefficient (Wildman–Crippen LogP) is 3.45. The summed E-state index contributed by atoms with van der Waals surface area (Å²) in [5.74, 6) is -1.06. The van der Waals surface area contributed by atoms with E-state index in [-0.39, 0.29) is 29.4 Å². The average molecular weight is 481 g/mol. The van der Waals surface area contributed by atoms with Crippen LogP contribution in [0.1, 0.15) is 36.6 Å². The zero-order valence-corrected chi connectivity index (χ0v) is 20.0. The molecule has 1 aromatic heterocycles. The van der Waals surface area contributed by atoms with Crippen molar-refractivity contribution >= 4 is 26.9 Å². The first-order valence-corrected chi connectivity index (χ1v) is 12.9. The van der Waals surface area contributed by atoms with E-state index in [1.807, 2.05) is 31.2 Å². The molecule has 1 N–H and O–H groups in total. The standard InChI is InChI=1S/C26H28N2O5S/c1-3-17-16-27(13-14-29)22-15-20(17)24(26(30)33-2)23-19-11-7-8-12-21(19)28(25(22)23)34(31,32)18-9-5-4-6-10-18/h3-12,20,22,24,29H,13-16H2,1-2H3/b17-3-/t20-,22-,24-/m1/s1. The molecular weight excluding hydrogens is 452 g/mol. The molecule has 2 aromatic carbocycles. The number of ether oxygens (including phenoxy) is 1. The normalized spacial score (nSPS) is 23.7. The molecule has 0 radical (unpaired) electrons. The Kier molecular flexibility index (Phi) is 5.83. The molecule has 1 fully saturated rings. The Bertz CT molecular complexity index is 1380. The summed E-state index contributed by atoms with van der Waals surface area (Å²) in [6, 6.07) is 15.5. The summed E-state index contributed by atoms with van der Waals surface area (Å²) in [4.78, 5) is 15.5. The second-order valence-electron chi connectivity index (χ2n) is 8.82. The monoisotopic (exact) mass is 480 g/mol. The highest BCUT2D eigenvalue weighted by Gasteiger charge is 2.50. The Balaban J connectivity index is 1.88. The van der Waals surface area contributed by atoms with Crippen LogP contribution in [0.5, 0.6) is 0 Å². The lowest BCUT2D eigenvalue weighted by Crippen LogP contribution is -2.47. The van der Waals surface area contributed by atoms with Gasteiger partial charge < -0.3 is 9.84 Å². The number of carbonyl (C=O) groups is 1. The predicted molar refractivity (Wildman–Crippen MR) is 129 cm³/mol. The van der Waals surface area contributed by atoms with Crippen LogP contribution < -0.4 is 0 Å². The first kappa shape index (κ1) is 22.8. The summed E-state index contributed by atoms with van der Waals surface area (Å²) in [5, 5.41) is 10.5. The van der Waals surface area contributed by atoms with Crippen molar-refractivity contribution in [2.75, 3.05) is 26.8 Å². The van der Waals surface area contributed by atoms with E-state index in [0.29, 0.717) is 36.3 Å². The lowest BCUT2D eigenvalue weighted by atomic mass is 9.68. The van der Waals surface area contributed by atoms with Crippen molar-refractivity contribution in [2.24, 2.45) is 5.92 Å². The summed E-state index contributed by atoms with van der Waals surface area (Å²) in [6.07, 6.45) is 2.61. The number of piperidine rings is 1. The summed E-state index contributed by atoms with van der Waals surface area (Å²) in [5.41, 5.74) is 2.96. The molecule has 0 spiro atoms. The van der Waals surface area contributed by atoms with Gasteiger partial charge in [0.15, 0.2) is 0 Å². The van der Waals surface area contributed by atoms with E-state index in [0.717, 1.165) is 11.0 Å². The maximum atomic E-state index is 14.0. The van der Waals surface area contributed by atoms with Crippen molar-refractivity contribution in [1.82, 2.24) is 8.87 Å². The first-order chi connectivity index (χ1) is 16.4. The molecule has 2 bridgehead atoms. The third kappa shape index (κ3) is 3.32. The van der Waals surface area contributed by atoms with Crippen molar-refractivity contribution < 1.29 is 23.1 Å².